The number of rotatable bonds is 10. The van der Waals surface area contributed by atoms with Crippen LogP contribution in [0, 0.1) is 0 Å². The van der Waals surface area contributed by atoms with Gasteiger partial charge in [0.15, 0.2) is 0 Å². The first-order chi connectivity index (χ1) is 22.3. The minimum absolute atomic E-state index is 0.177. The Kier molecular flexibility index (Phi) is 8.74. The van der Waals surface area contributed by atoms with E-state index < -0.39 is 34.7 Å². The van der Waals surface area contributed by atoms with Gasteiger partial charge in [-0.1, -0.05) is 97.1 Å². The molecule has 7 rings (SSSR count). The third kappa shape index (κ3) is 4.49. The van der Waals surface area contributed by atoms with Crippen molar-refractivity contribution < 1.29 is 27.2 Å². The molecule has 240 valence electrons. The maximum Gasteiger partial charge on any atom is 0.345 e. The summed E-state index contributed by atoms with van der Waals surface area (Å²) < 4.78 is 53.2. The van der Waals surface area contributed by atoms with Crippen LogP contribution in [0.4, 0.5) is 0 Å². The van der Waals surface area contributed by atoms with E-state index in [2.05, 4.69) is 97.1 Å². The molecule has 4 aromatic rings. The van der Waals surface area contributed by atoms with Gasteiger partial charge in [0.25, 0.3) is 0 Å². The summed E-state index contributed by atoms with van der Waals surface area (Å²) in [5, 5.41) is 0. The molecule has 2 aliphatic carbocycles. The minimum Gasteiger partial charge on any atom is -0.308 e. The molecule has 46 heavy (non-hydrogen) atoms. The SMILES string of the molecule is CCOP(=O)(OCC)[C@@H]1SC2(c3ccccc3-c3ccccc32)C2(S[C@H]1P(=O)(OCC)OCC)c1ccccc1-c1ccccc12. The molecular formula is C36H38O6P2S2. The molecule has 3 aliphatic rings. The molecule has 1 heterocycles. The molecule has 1 saturated heterocycles. The van der Waals surface area contributed by atoms with E-state index in [1.807, 2.05) is 27.7 Å². The van der Waals surface area contributed by atoms with Crippen LogP contribution >= 0.6 is 38.7 Å². The highest BCUT2D eigenvalue weighted by molar-refractivity contribution is 8.15. The molecule has 0 N–H and O–H groups in total. The molecule has 4 aromatic carbocycles. The first kappa shape index (κ1) is 32.4. The predicted molar refractivity (Wildman–Crippen MR) is 190 cm³/mol. The van der Waals surface area contributed by atoms with Gasteiger partial charge in [0.1, 0.15) is 9.98 Å². The Hall–Kier alpha value is -2.12. The van der Waals surface area contributed by atoms with Crippen molar-refractivity contribution in [3.8, 4) is 22.3 Å². The Labute approximate surface area is 280 Å². The molecule has 6 nitrogen and oxygen atoms in total. The van der Waals surface area contributed by atoms with Gasteiger partial charge < -0.3 is 18.1 Å². The van der Waals surface area contributed by atoms with Crippen molar-refractivity contribution in [2.45, 2.75) is 47.2 Å². The van der Waals surface area contributed by atoms with Crippen LogP contribution in [-0.4, -0.2) is 36.4 Å². The van der Waals surface area contributed by atoms with Crippen molar-refractivity contribution in [3.63, 3.8) is 0 Å². The van der Waals surface area contributed by atoms with Crippen LogP contribution in [0.3, 0.4) is 0 Å². The Bertz CT molecular complexity index is 1630. The largest absolute Gasteiger partial charge is 0.345 e. The fourth-order valence-electron chi connectivity index (χ4n) is 7.58. The van der Waals surface area contributed by atoms with E-state index in [0.717, 1.165) is 44.5 Å². The van der Waals surface area contributed by atoms with Crippen molar-refractivity contribution >= 4 is 38.7 Å². The van der Waals surface area contributed by atoms with Crippen molar-refractivity contribution in [2.24, 2.45) is 0 Å². The summed E-state index contributed by atoms with van der Waals surface area (Å²) >= 11 is 3.11. The van der Waals surface area contributed by atoms with E-state index in [0.29, 0.717) is 0 Å². The molecule has 0 aromatic heterocycles. The number of hydrogen-bond acceptors (Lipinski definition) is 8. The molecule has 0 radical (unpaired) electrons. The van der Waals surface area contributed by atoms with Crippen molar-refractivity contribution in [3.05, 3.63) is 119 Å². The molecule has 0 unspecified atom stereocenters. The lowest BCUT2D eigenvalue weighted by Gasteiger charge is -2.56. The average molecular weight is 693 g/mol. The second kappa shape index (κ2) is 12.4. The lowest BCUT2D eigenvalue weighted by atomic mass is 9.76. The number of hydrogen-bond donors (Lipinski definition) is 0. The second-order valence-corrected chi connectivity index (χ2v) is 19.0. The van der Waals surface area contributed by atoms with Crippen LogP contribution in [0.2, 0.25) is 0 Å². The van der Waals surface area contributed by atoms with E-state index in [4.69, 9.17) is 18.1 Å². The highest BCUT2D eigenvalue weighted by atomic mass is 32.2. The summed E-state index contributed by atoms with van der Waals surface area (Å²) in [5.74, 6) is 0. The van der Waals surface area contributed by atoms with Gasteiger partial charge >= 0.3 is 15.2 Å². The van der Waals surface area contributed by atoms with Crippen LogP contribution < -0.4 is 0 Å². The van der Waals surface area contributed by atoms with Gasteiger partial charge in [0.05, 0.1) is 35.9 Å². The van der Waals surface area contributed by atoms with Gasteiger partial charge in [-0.15, -0.1) is 23.5 Å². The maximum atomic E-state index is 15.2. The summed E-state index contributed by atoms with van der Waals surface area (Å²) in [5.41, 5.74) is 8.98. The van der Waals surface area contributed by atoms with Crippen LogP contribution in [0.1, 0.15) is 49.9 Å². The van der Waals surface area contributed by atoms with E-state index in [1.165, 1.54) is 0 Å². The third-order valence-electron chi connectivity index (χ3n) is 9.00. The zero-order chi connectivity index (χ0) is 32.2. The van der Waals surface area contributed by atoms with Crippen LogP contribution in [0.25, 0.3) is 22.3 Å². The van der Waals surface area contributed by atoms with Crippen LogP contribution in [0.15, 0.2) is 97.1 Å². The molecule has 2 atom stereocenters. The fraction of sp³-hybridized carbons (Fsp3) is 0.333. The normalized spacial score (nSPS) is 20.3. The second-order valence-electron chi connectivity index (χ2n) is 11.3. The molecule has 0 saturated carbocycles. The summed E-state index contributed by atoms with van der Waals surface area (Å²) in [4.78, 5) is -1.77. The Morgan fingerprint density at radius 1 is 0.478 bits per heavy atom. The molecule has 0 amide bonds. The minimum atomic E-state index is -3.91. The Morgan fingerprint density at radius 3 is 0.957 bits per heavy atom. The molecule has 1 fully saturated rings. The van der Waals surface area contributed by atoms with Gasteiger partial charge in [-0.25, -0.2) is 0 Å². The lowest BCUT2D eigenvalue weighted by Crippen LogP contribution is -2.52. The fourth-order valence-corrected chi connectivity index (χ4v) is 18.9. The summed E-state index contributed by atoms with van der Waals surface area (Å²) in [6.45, 7) is 7.96. The predicted octanol–water partition coefficient (Wildman–Crippen LogP) is 10.5. The number of benzene rings is 4. The smallest absolute Gasteiger partial charge is 0.308 e. The maximum absolute atomic E-state index is 15.2. The van der Waals surface area contributed by atoms with Crippen LogP contribution in [0.5, 0.6) is 0 Å². The molecule has 0 bridgehead atoms. The Morgan fingerprint density at radius 2 is 0.717 bits per heavy atom. The third-order valence-corrected chi connectivity index (χ3v) is 19.7. The highest BCUT2D eigenvalue weighted by Gasteiger charge is 2.72. The van der Waals surface area contributed by atoms with E-state index in [9.17, 15) is 0 Å². The van der Waals surface area contributed by atoms with Crippen LogP contribution in [-0.2, 0) is 36.7 Å². The monoisotopic (exact) mass is 692 g/mol. The van der Waals surface area contributed by atoms with Gasteiger partial charge in [-0.3, -0.25) is 9.13 Å². The number of thioether (sulfide) groups is 2. The summed E-state index contributed by atoms with van der Waals surface area (Å²) in [6, 6.07) is 34.1. The van der Waals surface area contributed by atoms with Gasteiger partial charge in [-0.2, -0.15) is 0 Å². The molecule has 1 aliphatic heterocycles. The summed E-state index contributed by atoms with van der Waals surface area (Å²) in [7, 11) is -7.83. The zero-order valence-electron chi connectivity index (χ0n) is 26.4. The van der Waals surface area contributed by atoms with E-state index in [-0.39, 0.29) is 26.4 Å². The standard InChI is InChI=1S/C36H38O6P2S2/c1-5-39-43(37,40-6-2)33-34(44(38,41-7-3)42-8-4)46-36(31-23-15-11-19-27(31)28-20-12-16-24-32(28)36)35(45-33)29-21-13-9-17-25(29)26-18-10-14-22-30(26)35/h9-24,33-34H,5-8H2,1-4H3/t33-,34-/m1/s1. The quantitative estimate of drug-likeness (QED) is 0.152. The van der Waals surface area contributed by atoms with E-state index >= 15 is 9.13 Å². The highest BCUT2D eigenvalue weighted by Crippen LogP contribution is 2.84. The first-order valence-electron chi connectivity index (χ1n) is 15.9. The topological polar surface area (TPSA) is 71.1 Å². The zero-order valence-corrected chi connectivity index (χ0v) is 29.8. The van der Waals surface area contributed by atoms with Crippen molar-refractivity contribution in [1.82, 2.24) is 0 Å². The van der Waals surface area contributed by atoms with Gasteiger partial charge in [0.2, 0.25) is 0 Å². The Balaban J connectivity index is 1.64. The average Bonchev–Trinajstić information content (AvgIpc) is 3.51. The van der Waals surface area contributed by atoms with Crippen molar-refractivity contribution in [1.29, 1.82) is 0 Å². The first-order valence-corrected chi connectivity index (χ1v) is 20.9. The summed E-state index contributed by atoms with van der Waals surface area (Å²) in [6.07, 6.45) is 0. The van der Waals surface area contributed by atoms with Gasteiger partial charge in [0, 0.05) is 0 Å². The molecule has 10 heteroatoms. The number of fused-ring (bicyclic) bond motifs is 11. The van der Waals surface area contributed by atoms with Crippen molar-refractivity contribution in [2.75, 3.05) is 26.4 Å². The van der Waals surface area contributed by atoms with E-state index in [1.54, 1.807) is 23.5 Å². The van der Waals surface area contributed by atoms with Gasteiger partial charge in [-0.05, 0) is 72.2 Å². The lowest BCUT2D eigenvalue weighted by molar-refractivity contribution is 0.207. The molecule has 2 spiro atoms. The molecular weight excluding hydrogens is 654 g/mol.